The lowest BCUT2D eigenvalue weighted by molar-refractivity contribution is -0.186. The van der Waals surface area contributed by atoms with E-state index < -0.39 is 12.2 Å². The summed E-state index contributed by atoms with van der Waals surface area (Å²) in [5, 5.41) is 0. The fraction of sp³-hybridized carbons (Fsp3) is 0.909. The molecule has 0 saturated heterocycles. The lowest BCUT2D eigenvalue weighted by atomic mass is 10.1. The Bertz CT molecular complexity index is 256. The molecule has 0 aromatic heterocycles. The molecule has 7 heteroatoms. The van der Waals surface area contributed by atoms with E-state index >= 15 is 0 Å². The second kappa shape index (κ2) is 7.58. The van der Waals surface area contributed by atoms with E-state index in [9.17, 15) is 18.0 Å². The van der Waals surface area contributed by atoms with Crippen molar-refractivity contribution in [3.05, 3.63) is 0 Å². The van der Waals surface area contributed by atoms with Crippen LogP contribution in [-0.2, 0) is 4.79 Å². The molecular formula is C11H22F3N3O. The van der Waals surface area contributed by atoms with Gasteiger partial charge in [0.1, 0.15) is 6.04 Å². The molecule has 0 aliphatic heterocycles. The summed E-state index contributed by atoms with van der Waals surface area (Å²) < 4.78 is 38.7. The Hall–Kier alpha value is -0.820. The van der Waals surface area contributed by atoms with E-state index in [-0.39, 0.29) is 32.0 Å². The lowest BCUT2D eigenvalue weighted by Gasteiger charge is -2.32. The van der Waals surface area contributed by atoms with E-state index in [0.717, 1.165) is 4.90 Å². The normalized spacial score (nSPS) is 13.8. The van der Waals surface area contributed by atoms with Crippen LogP contribution < -0.4 is 5.73 Å². The number of rotatable bonds is 7. The molecule has 2 N–H and O–H groups in total. The number of halogens is 3. The Labute approximate surface area is 106 Å². The molecule has 1 atom stereocenters. The molecule has 0 aliphatic rings. The molecule has 0 bridgehead atoms. The van der Waals surface area contributed by atoms with Crippen molar-refractivity contribution in [2.75, 3.05) is 33.7 Å². The Balaban J connectivity index is 4.85. The van der Waals surface area contributed by atoms with Crippen LogP contribution in [0.2, 0.25) is 0 Å². The number of nitrogens with zero attached hydrogens (tertiary/aromatic N) is 2. The Morgan fingerprint density at radius 1 is 1.33 bits per heavy atom. The average Bonchev–Trinajstić information content (AvgIpc) is 2.23. The van der Waals surface area contributed by atoms with Crippen LogP contribution >= 0.6 is 0 Å². The zero-order valence-corrected chi connectivity index (χ0v) is 11.1. The van der Waals surface area contributed by atoms with E-state index in [0.29, 0.717) is 6.42 Å². The van der Waals surface area contributed by atoms with Gasteiger partial charge in [-0.2, -0.15) is 13.2 Å². The first-order valence-corrected chi connectivity index (χ1v) is 5.95. The van der Waals surface area contributed by atoms with Crippen LogP contribution in [0, 0.1) is 0 Å². The number of amides is 1. The molecule has 108 valence electrons. The minimum atomic E-state index is -4.36. The SMILES string of the molecule is CCCN(CC(=O)N(C)C)C(CCN)C(F)(F)F. The van der Waals surface area contributed by atoms with E-state index in [1.807, 2.05) is 0 Å². The summed E-state index contributed by atoms with van der Waals surface area (Å²) in [5.41, 5.74) is 5.23. The number of nitrogens with two attached hydrogens (primary N) is 1. The molecule has 0 rings (SSSR count). The van der Waals surface area contributed by atoms with Crippen LogP contribution in [0.4, 0.5) is 13.2 Å². The van der Waals surface area contributed by atoms with E-state index in [1.54, 1.807) is 6.92 Å². The van der Waals surface area contributed by atoms with Gasteiger partial charge in [-0.3, -0.25) is 9.69 Å². The van der Waals surface area contributed by atoms with Crippen molar-refractivity contribution in [1.82, 2.24) is 9.80 Å². The highest BCUT2D eigenvalue weighted by Gasteiger charge is 2.43. The Kier molecular flexibility index (Phi) is 7.23. The van der Waals surface area contributed by atoms with E-state index in [4.69, 9.17) is 5.73 Å². The molecule has 0 heterocycles. The average molecular weight is 269 g/mol. The second-order valence-corrected chi connectivity index (χ2v) is 4.39. The number of carbonyl (C=O) groups is 1. The predicted molar refractivity (Wildman–Crippen MR) is 64.1 cm³/mol. The highest BCUT2D eigenvalue weighted by molar-refractivity contribution is 5.77. The molecule has 0 radical (unpaired) electrons. The fourth-order valence-electron chi connectivity index (χ4n) is 1.66. The quantitative estimate of drug-likeness (QED) is 0.752. The molecule has 4 nitrogen and oxygen atoms in total. The van der Waals surface area contributed by atoms with Crippen LogP contribution in [0.5, 0.6) is 0 Å². The maximum Gasteiger partial charge on any atom is 0.404 e. The first-order chi connectivity index (χ1) is 8.23. The molecule has 0 fully saturated rings. The maximum atomic E-state index is 12.9. The third-order valence-electron chi connectivity index (χ3n) is 2.61. The molecule has 1 amide bonds. The third-order valence-corrected chi connectivity index (χ3v) is 2.61. The molecule has 1 unspecified atom stereocenters. The van der Waals surface area contributed by atoms with Crippen LogP contribution in [0.15, 0.2) is 0 Å². The zero-order chi connectivity index (χ0) is 14.3. The second-order valence-electron chi connectivity index (χ2n) is 4.39. The van der Waals surface area contributed by atoms with Crippen molar-refractivity contribution in [3.63, 3.8) is 0 Å². The summed E-state index contributed by atoms with van der Waals surface area (Å²) in [4.78, 5) is 14.0. The topological polar surface area (TPSA) is 49.6 Å². The molecule has 0 saturated carbocycles. The fourth-order valence-corrected chi connectivity index (χ4v) is 1.66. The highest BCUT2D eigenvalue weighted by atomic mass is 19.4. The van der Waals surface area contributed by atoms with Crippen molar-refractivity contribution < 1.29 is 18.0 Å². The van der Waals surface area contributed by atoms with Crippen molar-refractivity contribution in [3.8, 4) is 0 Å². The van der Waals surface area contributed by atoms with Crippen molar-refractivity contribution in [2.45, 2.75) is 32.0 Å². The van der Waals surface area contributed by atoms with Gasteiger partial charge < -0.3 is 10.6 Å². The Morgan fingerprint density at radius 3 is 2.22 bits per heavy atom. The number of alkyl halides is 3. The van der Waals surface area contributed by atoms with Crippen molar-refractivity contribution >= 4 is 5.91 Å². The van der Waals surface area contributed by atoms with Crippen molar-refractivity contribution in [2.24, 2.45) is 5.73 Å². The highest BCUT2D eigenvalue weighted by Crippen LogP contribution is 2.27. The first-order valence-electron chi connectivity index (χ1n) is 5.95. The predicted octanol–water partition coefficient (Wildman–Crippen LogP) is 1.07. The molecular weight excluding hydrogens is 247 g/mol. The molecule has 0 aromatic carbocycles. The van der Waals surface area contributed by atoms with Gasteiger partial charge in [0.25, 0.3) is 0 Å². The smallest absolute Gasteiger partial charge is 0.348 e. The summed E-state index contributed by atoms with van der Waals surface area (Å²) in [5.74, 6) is -0.338. The number of carbonyl (C=O) groups excluding carboxylic acids is 1. The monoisotopic (exact) mass is 269 g/mol. The van der Waals surface area contributed by atoms with Gasteiger partial charge in [0.15, 0.2) is 0 Å². The number of likely N-dealkylation sites (N-methyl/N-ethyl adjacent to an activating group) is 1. The van der Waals surface area contributed by atoms with Crippen LogP contribution in [0.25, 0.3) is 0 Å². The first kappa shape index (κ1) is 17.2. The van der Waals surface area contributed by atoms with Gasteiger partial charge in [-0.15, -0.1) is 0 Å². The van der Waals surface area contributed by atoms with Crippen LogP contribution in [-0.4, -0.2) is 61.7 Å². The molecule has 0 aliphatic carbocycles. The molecule has 18 heavy (non-hydrogen) atoms. The summed E-state index contributed by atoms with van der Waals surface area (Å²) >= 11 is 0. The summed E-state index contributed by atoms with van der Waals surface area (Å²) in [6.07, 6.45) is -4.00. The van der Waals surface area contributed by atoms with Crippen LogP contribution in [0.1, 0.15) is 19.8 Å². The van der Waals surface area contributed by atoms with Gasteiger partial charge in [0.2, 0.25) is 5.91 Å². The van der Waals surface area contributed by atoms with Gasteiger partial charge >= 0.3 is 6.18 Å². The van der Waals surface area contributed by atoms with Crippen molar-refractivity contribution in [1.29, 1.82) is 0 Å². The summed E-state index contributed by atoms with van der Waals surface area (Å²) in [6.45, 7) is 1.72. The zero-order valence-electron chi connectivity index (χ0n) is 11.1. The van der Waals surface area contributed by atoms with Gasteiger partial charge in [-0.1, -0.05) is 6.92 Å². The number of hydrogen-bond donors (Lipinski definition) is 1. The van der Waals surface area contributed by atoms with Gasteiger partial charge in [0, 0.05) is 14.1 Å². The third kappa shape index (κ3) is 5.68. The Morgan fingerprint density at radius 2 is 1.89 bits per heavy atom. The molecule has 0 spiro atoms. The van der Waals surface area contributed by atoms with Crippen LogP contribution in [0.3, 0.4) is 0 Å². The summed E-state index contributed by atoms with van der Waals surface area (Å²) in [7, 11) is 3.05. The largest absolute Gasteiger partial charge is 0.404 e. The van der Waals surface area contributed by atoms with Gasteiger partial charge in [-0.25, -0.2) is 0 Å². The minimum absolute atomic E-state index is 0.0550. The van der Waals surface area contributed by atoms with Gasteiger partial charge in [-0.05, 0) is 25.9 Å². The number of hydrogen-bond acceptors (Lipinski definition) is 3. The van der Waals surface area contributed by atoms with E-state index in [1.165, 1.54) is 19.0 Å². The summed E-state index contributed by atoms with van der Waals surface area (Å²) in [6, 6.07) is -1.65. The minimum Gasteiger partial charge on any atom is -0.348 e. The van der Waals surface area contributed by atoms with Gasteiger partial charge in [0.05, 0.1) is 6.54 Å². The van der Waals surface area contributed by atoms with E-state index in [2.05, 4.69) is 0 Å². The lowest BCUT2D eigenvalue weighted by Crippen LogP contribution is -2.50. The maximum absolute atomic E-state index is 12.9. The molecule has 0 aromatic rings. The standard InChI is InChI=1S/C11H22F3N3O/c1-4-7-17(8-10(18)16(2)3)9(5-6-15)11(12,13)14/h9H,4-8,15H2,1-3H3.